The van der Waals surface area contributed by atoms with E-state index in [1.807, 2.05) is 0 Å². The minimum absolute atomic E-state index is 0.169. The van der Waals surface area contributed by atoms with Crippen molar-refractivity contribution in [2.45, 2.75) is 19.3 Å². The third-order valence-electron chi connectivity index (χ3n) is 2.06. The number of hydrogen-bond acceptors (Lipinski definition) is 4. The number of carbonyl (C=O) groups is 2. The second kappa shape index (κ2) is 6.37. The maximum atomic E-state index is 11.5. The first-order valence-corrected chi connectivity index (χ1v) is 6.76. The summed E-state index contributed by atoms with van der Waals surface area (Å²) in [6.45, 7) is 0.478. The third kappa shape index (κ3) is 4.52. The monoisotopic (exact) mass is 245 g/mol. The standard InChI is InChI=1S/C9H15N3O3S/c1-16(15)6-2-5-10-9(14)7-3-4-8(13)12-11-7/h2-6H2,1H3,(H,10,14)(H,12,13). The molecule has 0 aromatic heterocycles. The second-order valence-electron chi connectivity index (χ2n) is 3.48. The van der Waals surface area contributed by atoms with Gasteiger partial charge >= 0.3 is 0 Å². The van der Waals surface area contributed by atoms with Gasteiger partial charge in [-0.05, 0) is 6.42 Å². The van der Waals surface area contributed by atoms with Gasteiger partial charge in [-0.3, -0.25) is 13.8 Å². The van der Waals surface area contributed by atoms with Crippen molar-refractivity contribution in [1.29, 1.82) is 0 Å². The molecular weight excluding hydrogens is 230 g/mol. The zero-order chi connectivity index (χ0) is 12.0. The largest absolute Gasteiger partial charge is 0.351 e. The van der Waals surface area contributed by atoms with Crippen LogP contribution in [-0.2, 0) is 20.4 Å². The molecule has 2 amide bonds. The van der Waals surface area contributed by atoms with Crippen molar-refractivity contribution in [2.24, 2.45) is 5.10 Å². The van der Waals surface area contributed by atoms with E-state index >= 15 is 0 Å². The van der Waals surface area contributed by atoms with Crippen LogP contribution in [0.15, 0.2) is 5.10 Å². The summed E-state index contributed by atoms with van der Waals surface area (Å²) in [5.41, 5.74) is 2.61. The minimum Gasteiger partial charge on any atom is -0.351 e. The van der Waals surface area contributed by atoms with Crippen LogP contribution in [-0.4, -0.2) is 40.3 Å². The summed E-state index contributed by atoms with van der Waals surface area (Å²) in [6, 6.07) is 0. The Balaban J connectivity index is 2.25. The van der Waals surface area contributed by atoms with E-state index in [-0.39, 0.29) is 11.8 Å². The van der Waals surface area contributed by atoms with Gasteiger partial charge in [0.15, 0.2) is 0 Å². The Morgan fingerprint density at radius 3 is 2.88 bits per heavy atom. The Hall–Kier alpha value is -1.24. The van der Waals surface area contributed by atoms with E-state index in [0.717, 1.165) is 0 Å². The Morgan fingerprint density at radius 2 is 2.31 bits per heavy atom. The average Bonchev–Trinajstić information content (AvgIpc) is 2.25. The van der Waals surface area contributed by atoms with Crippen molar-refractivity contribution in [3.8, 4) is 0 Å². The second-order valence-corrected chi connectivity index (χ2v) is 5.03. The van der Waals surface area contributed by atoms with E-state index in [1.165, 1.54) is 0 Å². The van der Waals surface area contributed by atoms with Crippen molar-refractivity contribution >= 4 is 28.3 Å². The van der Waals surface area contributed by atoms with E-state index in [4.69, 9.17) is 0 Å². The van der Waals surface area contributed by atoms with Gasteiger partial charge in [0, 0.05) is 42.2 Å². The zero-order valence-corrected chi connectivity index (χ0v) is 9.93. The van der Waals surface area contributed by atoms with Crippen LogP contribution in [0.3, 0.4) is 0 Å². The molecule has 0 aromatic rings. The highest BCUT2D eigenvalue weighted by molar-refractivity contribution is 7.84. The molecule has 0 saturated carbocycles. The lowest BCUT2D eigenvalue weighted by molar-refractivity contribution is -0.121. The Morgan fingerprint density at radius 1 is 1.56 bits per heavy atom. The van der Waals surface area contributed by atoms with Gasteiger partial charge in [0.05, 0.1) is 0 Å². The topological polar surface area (TPSA) is 87.6 Å². The molecule has 1 unspecified atom stereocenters. The molecular formula is C9H15N3O3S. The van der Waals surface area contributed by atoms with Crippen molar-refractivity contribution < 1.29 is 13.8 Å². The highest BCUT2D eigenvalue weighted by Gasteiger charge is 2.17. The number of nitrogens with zero attached hydrogens (tertiary/aromatic N) is 1. The molecule has 90 valence electrons. The first kappa shape index (κ1) is 12.8. The number of rotatable bonds is 5. The molecule has 0 fully saturated rings. The van der Waals surface area contributed by atoms with E-state index in [1.54, 1.807) is 6.26 Å². The Labute approximate surface area is 96.3 Å². The van der Waals surface area contributed by atoms with Crippen LogP contribution in [0.4, 0.5) is 0 Å². The molecule has 7 heteroatoms. The summed E-state index contributed by atoms with van der Waals surface area (Å²) in [4.78, 5) is 22.3. The number of hydrogen-bond donors (Lipinski definition) is 2. The van der Waals surface area contributed by atoms with Crippen LogP contribution < -0.4 is 10.7 Å². The van der Waals surface area contributed by atoms with E-state index in [2.05, 4.69) is 15.8 Å². The van der Waals surface area contributed by atoms with Crippen molar-refractivity contribution in [3.05, 3.63) is 0 Å². The van der Waals surface area contributed by atoms with E-state index in [0.29, 0.717) is 37.3 Å². The Bertz CT molecular complexity index is 341. The molecule has 0 aromatic carbocycles. The fraction of sp³-hybridized carbons (Fsp3) is 0.667. The molecule has 0 radical (unpaired) electrons. The SMILES string of the molecule is CS(=O)CCCNC(=O)C1=NNC(=O)CC1. The summed E-state index contributed by atoms with van der Waals surface area (Å²) in [6.07, 6.45) is 2.97. The maximum Gasteiger partial charge on any atom is 0.267 e. The van der Waals surface area contributed by atoms with Crippen LogP contribution >= 0.6 is 0 Å². The average molecular weight is 245 g/mol. The maximum absolute atomic E-state index is 11.5. The van der Waals surface area contributed by atoms with Crippen LogP contribution in [0.5, 0.6) is 0 Å². The summed E-state index contributed by atoms with van der Waals surface area (Å²) in [5, 5.41) is 6.34. The van der Waals surface area contributed by atoms with Crippen LogP contribution in [0, 0.1) is 0 Å². The van der Waals surface area contributed by atoms with Crippen molar-refractivity contribution in [3.63, 3.8) is 0 Å². The normalized spacial score (nSPS) is 17.3. The van der Waals surface area contributed by atoms with E-state index < -0.39 is 10.8 Å². The molecule has 6 nitrogen and oxygen atoms in total. The molecule has 1 rings (SSSR count). The molecule has 1 aliphatic rings. The summed E-state index contributed by atoms with van der Waals surface area (Å²) >= 11 is 0. The molecule has 0 bridgehead atoms. The Kier molecular flexibility index (Phi) is 5.10. The third-order valence-corrected chi connectivity index (χ3v) is 2.92. The molecule has 0 saturated heterocycles. The first-order valence-electron chi connectivity index (χ1n) is 5.03. The first-order chi connectivity index (χ1) is 7.59. The van der Waals surface area contributed by atoms with Gasteiger partial charge in [-0.15, -0.1) is 0 Å². The van der Waals surface area contributed by atoms with Crippen LogP contribution in [0.25, 0.3) is 0 Å². The summed E-state index contributed by atoms with van der Waals surface area (Å²) in [7, 11) is -0.828. The minimum atomic E-state index is -0.828. The fourth-order valence-electron chi connectivity index (χ4n) is 1.22. The lowest BCUT2D eigenvalue weighted by Crippen LogP contribution is -2.37. The van der Waals surface area contributed by atoms with Crippen LogP contribution in [0.1, 0.15) is 19.3 Å². The zero-order valence-electron chi connectivity index (χ0n) is 9.12. The van der Waals surface area contributed by atoms with Gasteiger partial charge in [0.1, 0.15) is 5.71 Å². The molecule has 1 aliphatic heterocycles. The lowest BCUT2D eigenvalue weighted by atomic mass is 10.1. The van der Waals surface area contributed by atoms with Crippen molar-refractivity contribution in [2.75, 3.05) is 18.6 Å². The summed E-state index contributed by atoms with van der Waals surface area (Å²) in [5.74, 6) is 0.142. The quantitative estimate of drug-likeness (QED) is 0.618. The van der Waals surface area contributed by atoms with Gasteiger partial charge in [0.25, 0.3) is 5.91 Å². The molecule has 2 N–H and O–H groups in total. The van der Waals surface area contributed by atoms with Crippen molar-refractivity contribution in [1.82, 2.24) is 10.7 Å². The van der Waals surface area contributed by atoms with Gasteiger partial charge in [-0.2, -0.15) is 5.10 Å². The number of nitrogens with one attached hydrogen (secondary N) is 2. The fourth-order valence-corrected chi connectivity index (χ4v) is 1.77. The van der Waals surface area contributed by atoms with Gasteiger partial charge < -0.3 is 5.32 Å². The predicted octanol–water partition coefficient (Wildman–Crippen LogP) is -0.863. The highest BCUT2D eigenvalue weighted by Crippen LogP contribution is 1.99. The molecule has 0 aliphatic carbocycles. The lowest BCUT2D eigenvalue weighted by Gasteiger charge is -2.11. The van der Waals surface area contributed by atoms with Crippen LogP contribution in [0.2, 0.25) is 0 Å². The number of hydrazone groups is 1. The van der Waals surface area contributed by atoms with Gasteiger partial charge in [-0.1, -0.05) is 0 Å². The van der Waals surface area contributed by atoms with Gasteiger partial charge in [-0.25, -0.2) is 5.43 Å². The molecule has 16 heavy (non-hydrogen) atoms. The summed E-state index contributed by atoms with van der Waals surface area (Å²) < 4.78 is 10.8. The molecule has 0 spiro atoms. The van der Waals surface area contributed by atoms with E-state index in [9.17, 15) is 13.8 Å². The predicted molar refractivity (Wildman–Crippen MR) is 61.4 cm³/mol. The number of carbonyl (C=O) groups excluding carboxylic acids is 2. The molecule has 1 heterocycles. The van der Waals surface area contributed by atoms with Gasteiger partial charge in [0.2, 0.25) is 5.91 Å². The smallest absolute Gasteiger partial charge is 0.267 e. The number of amides is 2. The highest BCUT2D eigenvalue weighted by atomic mass is 32.2. The molecule has 1 atom stereocenters.